The third kappa shape index (κ3) is 1.47. The van der Waals surface area contributed by atoms with Crippen LogP contribution in [0.25, 0.3) is 0 Å². The Labute approximate surface area is 95.6 Å². The maximum Gasteiger partial charge on any atom is 0.111 e. The second kappa shape index (κ2) is 3.41. The Bertz CT molecular complexity index is 182. The van der Waals surface area contributed by atoms with Crippen molar-refractivity contribution in [1.82, 2.24) is 0 Å². The average Bonchev–Trinajstić information content (AvgIpc) is 2.30. The van der Waals surface area contributed by atoms with Crippen LogP contribution in [0.2, 0.25) is 0 Å². The molecule has 2 atom stereocenters. The van der Waals surface area contributed by atoms with Crippen LogP contribution in [0.4, 0.5) is 0 Å². The number of unbranched alkanes of at least 4 members (excludes halogenated alkanes) is 2. The highest BCUT2D eigenvalue weighted by Crippen LogP contribution is 2.80. The van der Waals surface area contributed by atoms with Crippen LogP contribution in [-0.4, -0.2) is 3.78 Å². The number of rotatable bonds is 4. The summed E-state index contributed by atoms with van der Waals surface area (Å²) in [6.07, 6.45) is 5.15. The van der Waals surface area contributed by atoms with E-state index in [0.717, 1.165) is 0 Å². The molecule has 0 saturated heterocycles. The first-order chi connectivity index (χ1) is 5.81. The molecular weight excluding hydrogens is 247 g/mol. The molecule has 0 aromatic carbocycles. The van der Waals surface area contributed by atoms with E-state index in [1.165, 1.54) is 25.7 Å². The van der Waals surface area contributed by atoms with Crippen LogP contribution < -0.4 is 0 Å². The van der Waals surface area contributed by atoms with Crippen molar-refractivity contribution >= 4 is 27.5 Å². The molecule has 2 heteroatoms. The number of hydrogen-bond acceptors (Lipinski definition) is 0. The van der Waals surface area contributed by atoms with E-state index in [9.17, 15) is 0 Å². The molecule has 0 spiro atoms. The zero-order valence-corrected chi connectivity index (χ0v) is 11.4. The van der Waals surface area contributed by atoms with Gasteiger partial charge in [0, 0.05) is 10.8 Å². The molecule has 1 rings (SSSR count). The summed E-state index contributed by atoms with van der Waals surface area (Å²) in [4.78, 5) is 0. The molecule has 1 aliphatic rings. The van der Waals surface area contributed by atoms with E-state index in [1.807, 2.05) is 0 Å². The highest BCUT2D eigenvalue weighted by molar-refractivity contribution is 9.10. The predicted molar refractivity (Wildman–Crippen MR) is 63.5 cm³/mol. The zero-order chi connectivity index (χ0) is 10.3. The minimum atomic E-state index is -0.166. The van der Waals surface area contributed by atoms with E-state index in [1.54, 1.807) is 0 Å². The Morgan fingerprint density at radius 2 is 1.62 bits per heavy atom. The monoisotopic (exact) mass is 266 g/mol. The van der Waals surface area contributed by atoms with E-state index in [0.29, 0.717) is 0 Å². The van der Waals surface area contributed by atoms with Gasteiger partial charge in [0.25, 0.3) is 0 Å². The normalized spacial score (nSPS) is 42.0. The van der Waals surface area contributed by atoms with Crippen molar-refractivity contribution in [2.45, 2.75) is 57.2 Å². The van der Waals surface area contributed by atoms with Gasteiger partial charge in [-0.15, -0.1) is 11.6 Å². The molecule has 0 nitrogen and oxygen atoms in total. The molecule has 0 amide bonds. The summed E-state index contributed by atoms with van der Waals surface area (Å²) >= 11 is 10.1. The number of hydrogen-bond donors (Lipinski definition) is 0. The zero-order valence-electron chi connectivity index (χ0n) is 9.08. The lowest BCUT2D eigenvalue weighted by Gasteiger charge is -2.12. The fourth-order valence-electron chi connectivity index (χ4n) is 2.25. The van der Waals surface area contributed by atoms with Gasteiger partial charge in [-0.1, -0.05) is 62.9 Å². The van der Waals surface area contributed by atoms with Gasteiger partial charge in [0.2, 0.25) is 0 Å². The Morgan fingerprint density at radius 3 is 1.92 bits per heavy atom. The first-order valence-corrected chi connectivity index (χ1v) is 6.36. The Balaban J connectivity index is 2.51. The van der Waals surface area contributed by atoms with E-state index in [2.05, 4.69) is 43.6 Å². The van der Waals surface area contributed by atoms with Crippen molar-refractivity contribution < 1.29 is 0 Å². The quantitative estimate of drug-likeness (QED) is 0.500. The molecule has 13 heavy (non-hydrogen) atoms. The number of halogens is 2. The third-order valence-corrected chi connectivity index (χ3v) is 6.83. The van der Waals surface area contributed by atoms with E-state index in [4.69, 9.17) is 11.6 Å². The molecule has 1 aliphatic carbocycles. The molecule has 0 aromatic rings. The smallest absolute Gasteiger partial charge is 0.105 e. The van der Waals surface area contributed by atoms with Crippen LogP contribution in [0.5, 0.6) is 0 Å². The molecule has 0 aliphatic heterocycles. The molecule has 2 unspecified atom stereocenters. The van der Waals surface area contributed by atoms with Crippen molar-refractivity contribution in [2.24, 2.45) is 10.8 Å². The van der Waals surface area contributed by atoms with Crippen LogP contribution in [0.3, 0.4) is 0 Å². The minimum Gasteiger partial charge on any atom is -0.105 e. The lowest BCUT2D eigenvalue weighted by molar-refractivity contribution is 0.374. The van der Waals surface area contributed by atoms with Gasteiger partial charge in [0.15, 0.2) is 0 Å². The second-order valence-electron chi connectivity index (χ2n) is 4.99. The first-order valence-electron chi connectivity index (χ1n) is 5.19. The lowest BCUT2D eigenvalue weighted by atomic mass is 9.92. The van der Waals surface area contributed by atoms with Crippen molar-refractivity contribution in [3.05, 3.63) is 0 Å². The van der Waals surface area contributed by atoms with Gasteiger partial charge < -0.3 is 0 Å². The first kappa shape index (κ1) is 11.8. The molecule has 0 radical (unpaired) electrons. The Hall–Kier alpha value is 0.770. The van der Waals surface area contributed by atoms with Gasteiger partial charge >= 0.3 is 0 Å². The summed E-state index contributed by atoms with van der Waals surface area (Å²) in [6, 6.07) is 0. The molecule has 0 bridgehead atoms. The van der Waals surface area contributed by atoms with Gasteiger partial charge in [0.05, 0.1) is 0 Å². The Morgan fingerprint density at radius 1 is 1.15 bits per heavy atom. The average molecular weight is 268 g/mol. The second-order valence-corrected chi connectivity index (χ2v) is 7.20. The van der Waals surface area contributed by atoms with E-state index < -0.39 is 0 Å². The van der Waals surface area contributed by atoms with E-state index in [-0.39, 0.29) is 14.6 Å². The fourth-order valence-corrected chi connectivity index (χ4v) is 3.78. The SMILES string of the molecule is CCCCCC1(C)C(C)(C)C1(Cl)Br. The summed E-state index contributed by atoms with van der Waals surface area (Å²) in [7, 11) is 0. The fraction of sp³-hybridized carbons (Fsp3) is 1.00. The van der Waals surface area contributed by atoms with Gasteiger partial charge in [0.1, 0.15) is 3.78 Å². The molecular formula is C11H20BrCl. The molecule has 1 fully saturated rings. The van der Waals surface area contributed by atoms with Crippen LogP contribution in [-0.2, 0) is 0 Å². The molecule has 1 saturated carbocycles. The van der Waals surface area contributed by atoms with Gasteiger partial charge in [-0.2, -0.15) is 0 Å². The van der Waals surface area contributed by atoms with Gasteiger partial charge in [-0.3, -0.25) is 0 Å². The van der Waals surface area contributed by atoms with Crippen LogP contribution >= 0.6 is 27.5 Å². The van der Waals surface area contributed by atoms with Crippen molar-refractivity contribution in [1.29, 1.82) is 0 Å². The minimum absolute atomic E-state index is 0.166. The molecule has 0 aromatic heterocycles. The standard InChI is InChI=1S/C11H20BrCl/c1-5-6-7-8-10(4)9(2,3)11(10,12)13/h5-8H2,1-4H3. The predicted octanol–water partition coefficient (Wildman–Crippen LogP) is 4.94. The van der Waals surface area contributed by atoms with Crippen molar-refractivity contribution in [3.8, 4) is 0 Å². The summed E-state index contributed by atoms with van der Waals surface area (Å²) in [5.74, 6) is 0. The van der Waals surface area contributed by atoms with Gasteiger partial charge in [-0.05, 0) is 6.42 Å². The van der Waals surface area contributed by atoms with E-state index >= 15 is 0 Å². The van der Waals surface area contributed by atoms with Crippen molar-refractivity contribution in [3.63, 3.8) is 0 Å². The van der Waals surface area contributed by atoms with Crippen molar-refractivity contribution in [2.75, 3.05) is 0 Å². The van der Waals surface area contributed by atoms with Crippen LogP contribution in [0.1, 0.15) is 53.4 Å². The van der Waals surface area contributed by atoms with Crippen LogP contribution in [0.15, 0.2) is 0 Å². The summed E-state index contributed by atoms with van der Waals surface area (Å²) in [5, 5.41) is 0. The third-order valence-electron chi connectivity index (χ3n) is 4.08. The van der Waals surface area contributed by atoms with Crippen LogP contribution in [0, 0.1) is 10.8 Å². The summed E-state index contributed by atoms with van der Waals surface area (Å²) in [6.45, 7) is 9.04. The molecule has 0 N–H and O–H groups in total. The van der Waals surface area contributed by atoms with Gasteiger partial charge in [-0.25, -0.2) is 0 Å². The largest absolute Gasteiger partial charge is 0.111 e. The molecule has 78 valence electrons. The topological polar surface area (TPSA) is 0 Å². The number of alkyl halides is 2. The maximum atomic E-state index is 6.44. The summed E-state index contributed by atoms with van der Waals surface area (Å²) < 4.78 is -0.166. The molecule has 0 heterocycles. The summed E-state index contributed by atoms with van der Waals surface area (Å²) in [5.41, 5.74) is 0.506. The highest BCUT2D eigenvalue weighted by atomic mass is 79.9. The highest BCUT2D eigenvalue weighted by Gasteiger charge is 2.77. The lowest BCUT2D eigenvalue weighted by Crippen LogP contribution is -2.04. The Kier molecular flexibility index (Phi) is 3.11. The maximum absolute atomic E-state index is 6.44.